The van der Waals surface area contributed by atoms with E-state index in [1.54, 1.807) is 24.0 Å². The number of carbonyl (C=O) groups is 1. The number of carbonyl (C=O) groups excluding carboxylic acids is 1. The molecule has 1 aromatic carbocycles. The Bertz CT molecular complexity index is 746. The third kappa shape index (κ3) is 4.76. The third-order valence-corrected chi connectivity index (χ3v) is 5.42. The van der Waals surface area contributed by atoms with Crippen LogP contribution in [0.15, 0.2) is 41.6 Å². The summed E-state index contributed by atoms with van der Waals surface area (Å²) in [7, 11) is 2.13. The van der Waals surface area contributed by atoms with Gasteiger partial charge in [0, 0.05) is 10.8 Å². The summed E-state index contributed by atoms with van der Waals surface area (Å²) in [4.78, 5) is 18.8. The van der Waals surface area contributed by atoms with Crippen LogP contribution in [0.5, 0.6) is 0 Å². The fourth-order valence-corrected chi connectivity index (χ4v) is 3.69. The molecule has 1 aromatic heterocycles. The predicted molar refractivity (Wildman–Crippen MR) is 94.9 cm³/mol. The number of hydrogen-bond donors (Lipinski definition) is 1. The third-order valence-electron chi connectivity index (χ3n) is 4.13. The molecule has 0 aliphatic carbocycles. The second kappa shape index (κ2) is 7.93. The predicted octanol–water partition coefficient (Wildman–Crippen LogP) is 3.80. The monoisotopic (exact) mass is 363 g/mol. The number of aromatic nitrogens is 1. The average molecular weight is 363 g/mol. The van der Waals surface area contributed by atoms with E-state index in [1.165, 1.54) is 6.07 Å². The van der Waals surface area contributed by atoms with E-state index in [-0.39, 0.29) is 5.56 Å². The van der Waals surface area contributed by atoms with Gasteiger partial charge in [-0.3, -0.25) is 4.79 Å². The maximum atomic E-state index is 13.2. The van der Waals surface area contributed by atoms with E-state index in [1.807, 2.05) is 6.07 Å². The minimum Gasteiger partial charge on any atom is -0.321 e. The molecule has 1 N–H and O–H groups in total. The van der Waals surface area contributed by atoms with Gasteiger partial charge in [-0.2, -0.15) is 0 Å². The summed E-state index contributed by atoms with van der Waals surface area (Å²) < 4.78 is 26.1. The zero-order chi connectivity index (χ0) is 17.8. The van der Waals surface area contributed by atoms with Crippen molar-refractivity contribution in [2.75, 3.05) is 25.5 Å². The van der Waals surface area contributed by atoms with Crippen molar-refractivity contribution in [1.29, 1.82) is 0 Å². The lowest BCUT2D eigenvalue weighted by Crippen LogP contribution is -2.31. The van der Waals surface area contributed by atoms with Crippen LogP contribution in [0.25, 0.3) is 0 Å². The first-order valence-electron chi connectivity index (χ1n) is 8.09. The molecule has 132 valence electrons. The van der Waals surface area contributed by atoms with Gasteiger partial charge in [-0.15, -0.1) is 11.8 Å². The second-order valence-corrected chi connectivity index (χ2v) is 7.41. The summed E-state index contributed by atoms with van der Waals surface area (Å²) in [5.41, 5.74) is 0.575. The molecule has 0 spiro atoms. The number of thioether (sulfide) groups is 1. The highest BCUT2D eigenvalue weighted by molar-refractivity contribution is 7.99. The zero-order valence-electron chi connectivity index (χ0n) is 13.8. The average Bonchev–Trinajstić information content (AvgIpc) is 2.61. The Balaban J connectivity index is 1.58. The summed E-state index contributed by atoms with van der Waals surface area (Å²) in [6, 6.07) is 6.68. The number of anilines is 1. The Kier molecular flexibility index (Phi) is 5.65. The first-order valence-corrected chi connectivity index (χ1v) is 8.97. The van der Waals surface area contributed by atoms with E-state index in [2.05, 4.69) is 22.2 Å². The van der Waals surface area contributed by atoms with Crippen LogP contribution in [0, 0.1) is 11.6 Å². The van der Waals surface area contributed by atoms with Crippen molar-refractivity contribution in [2.45, 2.75) is 23.1 Å². The van der Waals surface area contributed by atoms with Gasteiger partial charge in [-0.25, -0.2) is 13.8 Å². The first-order chi connectivity index (χ1) is 12.0. The van der Waals surface area contributed by atoms with Gasteiger partial charge >= 0.3 is 0 Å². The molecule has 0 radical (unpaired) electrons. The molecule has 2 aromatic rings. The number of nitrogens with one attached hydrogen (secondary N) is 1. The SMILES string of the molecule is CN1CCC(Sc2ccc(NC(=O)c3ccc(F)c(F)c3)cn2)CC1. The second-order valence-electron chi connectivity index (χ2n) is 6.09. The lowest BCUT2D eigenvalue weighted by molar-refractivity contribution is 0.102. The van der Waals surface area contributed by atoms with Crippen molar-refractivity contribution >= 4 is 23.4 Å². The molecule has 1 fully saturated rings. The zero-order valence-corrected chi connectivity index (χ0v) is 14.7. The lowest BCUT2D eigenvalue weighted by Gasteiger charge is -2.28. The number of pyridine rings is 1. The van der Waals surface area contributed by atoms with Crippen molar-refractivity contribution in [3.8, 4) is 0 Å². The van der Waals surface area contributed by atoms with Crippen LogP contribution in [-0.2, 0) is 0 Å². The van der Waals surface area contributed by atoms with Gasteiger partial charge in [-0.05, 0) is 63.3 Å². The molecule has 0 atom stereocenters. The van der Waals surface area contributed by atoms with E-state index in [0.717, 1.165) is 43.1 Å². The Morgan fingerprint density at radius 2 is 1.96 bits per heavy atom. The number of amides is 1. The van der Waals surface area contributed by atoms with Crippen LogP contribution in [-0.4, -0.2) is 41.2 Å². The van der Waals surface area contributed by atoms with Gasteiger partial charge in [0.05, 0.1) is 16.9 Å². The smallest absolute Gasteiger partial charge is 0.255 e. The largest absolute Gasteiger partial charge is 0.321 e. The van der Waals surface area contributed by atoms with Crippen LogP contribution in [0.3, 0.4) is 0 Å². The van der Waals surface area contributed by atoms with Gasteiger partial charge in [-0.1, -0.05) is 0 Å². The summed E-state index contributed by atoms with van der Waals surface area (Å²) in [6.07, 6.45) is 3.85. The molecule has 2 heterocycles. The van der Waals surface area contributed by atoms with E-state index >= 15 is 0 Å². The fourth-order valence-electron chi connectivity index (χ4n) is 2.64. The van der Waals surface area contributed by atoms with E-state index in [4.69, 9.17) is 0 Å². The number of hydrogen-bond acceptors (Lipinski definition) is 4. The van der Waals surface area contributed by atoms with Gasteiger partial charge in [0.1, 0.15) is 0 Å². The van der Waals surface area contributed by atoms with Crippen LogP contribution in [0.4, 0.5) is 14.5 Å². The maximum absolute atomic E-state index is 13.2. The van der Waals surface area contributed by atoms with Crippen molar-refractivity contribution in [1.82, 2.24) is 9.88 Å². The van der Waals surface area contributed by atoms with E-state index < -0.39 is 17.5 Å². The summed E-state index contributed by atoms with van der Waals surface area (Å²) in [5, 5.41) is 4.11. The quantitative estimate of drug-likeness (QED) is 0.898. The van der Waals surface area contributed by atoms with Crippen LogP contribution < -0.4 is 5.32 Å². The highest BCUT2D eigenvalue weighted by atomic mass is 32.2. The van der Waals surface area contributed by atoms with Crippen molar-refractivity contribution in [3.63, 3.8) is 0 Å². The standard InChI is InChI=1S/C18H19F2N3OS/c1-23-8-6-14(7-9-23)25-17-5-3-13(11-21-17)22-18(24)12-2-4-15(19)16(20)10-12/h2-5,10-11,14H,6-9H2,1H3,(H,22,24). The van der Waals surface area contributed by atoms with Crippen LogP contribution >= 0.6 is 11.8 Å². The van der Waals surface area contributed by atoms with Crippen molar-refractivity contribution < 1.29 is 13.6 Å². The number of halogens is 2. The molecular weight excluding hydrogens is 344 g/mol. The highest BCUT2D eigenvalue weighted by Gasteiger charge is 2.18. The number of likely N-dealkylation sites (tertiary alicyclic amines) is 1. The molecule has 1 saturated heterocycles. The molecule has 0 saturated carbocycles. The lowest BCUT2D eigenvalue weighted by atomic mass is 10.1. The summed E-state index contributed by atoms with van der Waals surface area (Å²) in [6.45, 7) is 2.19. The molecule has 1 aliphatic heterocycles. The molecule has 4 nitrogen and oxygen atoms in total. The minimum absolute atomic E-state index is 0.0590. The summed E-state index contributed by atoms with van der Waals surface area (Å²) >= 11 is 1.75. The molecule has 7 heteroatoms. The molecule has 25 heavy (non-hydrogen) atoms. The number of rotatable bonds is 4. The molecule has 3 rings (SSSR count). The highest BCUT2D eigenvalue weighted by Crippen LogP contribution is 2.29. The number of piperidine rings is 1. The Labute approximate surface area is 149 Å². The van der Waals surface area contributed by atoms with Crippen molar-refractivity contribution in [2.24, 2.45) is 0 Å². The van der Waals surface area contributed by atoms with Gasteiger partial charge in [0.2, 0.25) is 0 Å². The van der Waals surface area contributed by atoms with Gasteiger partial charge in [0.15, 0.2) is 11.6 Å². The van der Waals surface area contributed by atoms with Gasteiger partial charge < -0.3 is 10.2 Å². The molecule has 0 bridgehead atoms. The molecule has 1 amide bonds. The first kappa shape index (κ1) is 17.8. The van der Waals surface area contributed by atoms with Gasteiger partial charge in [0.25, 0.3) is 5.91 Å². The Morgan fingerprint density at radius 1 is 1.20 bits per heavy atom. The summed E-state index contributed by atoms with van der Waals surface area (Å²) in [5.74, 6) is -2.53. The minimum atomic E-state index is -1.05. The maximum Gasteiger partial charge on any atom is 0.255 e. The normalized spacial score (nSPS) is 16.0. The van der Waals surface area contributed by atoms with E-state index in [9.17, 15) is 13.6 Å². The number of nitrogens with zero attached hydrogens (tertiary/aromatic N) is 2. The van der Waals surface area contributed by atoms with Crippen LogP contribution in [0.1, 0.15) is 23.2 Å². The number of benzene rings is 1. The molecule has 1 aliphatic rings. The van der Waals surface area contributed by atoms with E-state index in [0.29, 0.717) is 10.9 Å². The Morgan fingerprint density at radius 3 is 2.60 bits per heavy atom. The van der Waals surface area contributed by atoms with Crippen LogP contribution in [0.2, 0.25) is 0 Å². The topological polar surface area (TPSA) is 45.2 Å². The van der Waals surface area contributed by atoms with Crippen molar-refractivity contribution in [3.05, 3.63) is 53.7 Å². The fraction of sp³-hybridized carbons (Fsp3) is 0.333. The Hall–Kier alpha value is -1.99. The molecule has 0 unspecified atom stereocenters. The molecular formula is C18H19F2N3OS.